The number of fused-ring (bicyclic) bond motifs is 1. The topological polar surface area (TPSA) is 83.1 Å². The summed E-state index contributed by atoms with van der Waals surface area (Å²) < 4.78 is 47.5. The molecule has 0 radical (unpaired) electrons. The van der Waals surface area contributed by atoms with Crippen LogP contribution in [0.15, 0.2) is 75.2 Å². The number of nitrogens with one attached hydrogen (secondary N) is 2. The molecule has 0 saturated carbocycles. The van der Waals surface area contributed by atoms with E-state index in [4.69, 9.17) is 8.20 Å². The molecular formula is C30H27F3IN6OP. The van der Waals surface area contributed by atoms with Gasteiger partial charge in [-0.3, -0.25) is 0 Å². The third-order valence-electron chi connectivity index (χ3n) is 6.21. The van der Waals surface area contributed by atoms with Crippen LogP contribution < -0.4 is 10.6 Å². The van der Waals surface area contributed by atoms with Gasteiger partial charge in [-0.1, -0.05) is 12.1 Å². The zero-order chi connectivity index (χ0) is 29.9. The van der Waals surface area contributed by atoms with Crippen molar-refractivity contribution in [2.24, 2.45) is 8.20 Å². The zero-order valence-electron chi connectivity index (χ0n) is 22.9. The van der Waals surface area contributed by atoms with E-state index in [9.17, 15) is 18.0 Å². The number of rotatable bonds is 4. The Morgan fingerprint density at radius 2 is 1.88 bits per heavy atom. The van der Waals surface area contributed by atoms with E-state index < -0.39 is 37.9 Å². The normalized spacial score (nSPS) is 15.7. The number of carbonyl (C=O) groups excluding carboxylic acids is 1. The molecule has 42 heavy (non-hydrogen) atoms. The van der Waals surface area contributed by atoms with Gasteiger partial charge in [0, 0.05) is 11.4 Å². The van der Waals surface area contributed by atoms with Gasteiger partial charge in [-0.15, -0.1) is 0 Å². The van der Waals surface area contributed by atoms with E-state index in [2.05, 4.69) is 41.3 Å². The Hall–Kier alpha value is -3.75. The number of halogens is 4. The van der Waals surface area contributed by atoms with Gasteiger partial charge < -0.3 is 10.6 Å². The second kappa shape index (κ2) is 12.6. The number of anilines is 2. The first-order valence-electron chi connectivity index (χ1n) is 12.9. The van der Waals surface area contributed by atoms with Crippen molar-refractivity contribution >= 4 is 69.1 Å². The van der Waals surface area contributed by atoms with Gasteiger partial charge in [-0.25, -0.2) is 4.79 Å². The number of imidazole rings is 1. The molecule has 0 bridgehead atoms. The number of carbonyl (C=O) groups is 1. The van der Waals surface area contributed by atoms with Crippen LogP contribution in [0.3, 0.4) is 0 Å². The van der Waals surface area contributed by atoms with Crippen molar-refractivity contribution in [3.63, 3.8) is 0 Å². The molecule has 7 nitrogen and oxygen atoms in total. The zero-order valence-corrected chi connectivity index (χ0v) is 26.1. The maximum absolute atomic E-state index is 13.0. The van der Waals surface area contributed by atoms with Crippen LogP contribution in [0, 0.1) is 18.8 Å². The van der Waals surface area contributed by atoms with E-state index in [0.717, 1.165) is 33.0 Å². The van der Waals surface area contributed by atoms with Crippen molar-refractivity contribution in [3.05, 3.63) is 89.4 Å². The molecule has 2 aromatic heterocycles. The molecule has 12 heteroatoms. The van der Waals surface area contributed by atoms with Crippen molar-refractivity contribution in [3.8, 4) is 11.8 Å². The molecular weight excluding hydrogens is 675 g/mol. The van der Waals surface area contributed by atoms with Crippen molar-refractivity contribution in [1.29, 1.82) is 0 Å². The van der Waals surface area contributed by atoms with Gasteiger partial charge in [0.1, 0.15) is 0 Å². The Morgan fingerprint density at radius 3 is 2.60 bits per heavy atom. The first-order chi connectivity index (χ1) is 20.1. The SMILES string of the molecule is Cc1ccc(NC(=O)Nc2cccc(C(F)(F)F)c2)cc1C#Cc1cnc2c(N=C3C=NI(C(C)C)CP3)cccn12. The Balaban J connectivity index is 1.33. The minimum absolute atomic E-state index is 0.0321. The number of amides is 2. The van der Waals surface area contributed by atoms with Crippen LogP contribution in [-0.2, 0) is 6.18 Å². The first-order valence-corrected chi connectivity index (χ1v) is 17.9. The molecule has 3 heterocycles. The molecule has 2 N–H and O–H groups in total. The molecule has 1 atom stereocenters. The summed E-state index contributed by atoms with van der Waals surface area (Å²) >= 11 is -1.25. The summed E-state index contributed by atoms with van der Waals surface area (Å²) in [6.45, 7) is 6.40. The fraction of sp³-hybridized carbons (Fsp3) is 0.200. The van der Waals surface area contributed by atoms with Crippen LogP contribution in [0.2, 0.25) is 0 Å². The van der Waals surface area contributed by atoms with Crippen LogP contribution in [0.4, 0.5) is 35.0 Å². The molecule has 1 aliphatic rings. The van der Waals surface area contributed by atoms with Gasteiger partial charge >= 0.3 is 163 Å². The molecule has 2 aromatic carbocycles. The summed E-state index contributed by atoms with van der Waals surface area (Å²) in [6.07, 6.45) is 1.03. The van der Waals surface area contributed by atoms with Crippen molar-refractivity contribution in [1.82, 2.24) is 9.38 Å². The molecule has 0 saturated heterocycles. The number of hydrogen-bond acceptors (Lipinski definition) is 4. The number of benzene rings is 2. The van der Waals surface area contributed by atoms with Gasteiger partial charge in [-0.05, 0) is 31.2 Å². The third kappa shape index (κ3) is 7.17. The second-order valence-corrected chi connectivity index (χ2v) is 18.2. The van der Waals surface area contributed by atoms with Gasteiger partial charge in [-0.2, -0.15) is 13.2 Å². The van der Waals surface area contributed by atoms with Crippen LogP contribution >= 0.6 is 28.7 Å². The van der Waals surface area contributed by atoms with Crippen molar-refractivity contribution in [2.75, 3.05) is 14.8 Å². The van der Waals surface area contributed by atoms with Gasteiger partial charge in [0.05, 0.1) is 5.56 Å². The number of aromatic nitrogens is 2. The van der Waals surface area contributed by atoms with E-state index in [1.54, 1.807) is 18.3 Å². The molecule has 2 amide bonds. The van der Waals surface area contributed by atoms with E-state index >= 15 is 0 Å². The summed E-state index contributed by atoms with van der Waals surface area (Å²) in [5.41, 5.74) is 4.36. The number of urea groups is 1. The summed E-state index contributed by atoms with van der Waals surface area (Å²) in [5, 5.41) is 5.09. The Bertz CT molecular complexity index is 1770. The minimum atomic E-state index is -4.50. The Labute approximate surface area is 250 Å². The quantitative estimate of drug-likeness (QED) is 0.0972. The fourth-order valence-electron chi connectivity index (χ4n) is 4.00. The average molecular weight is 702 g/mol. The third-order valence-corrected chi connectivity index (χ3v) is 14.6. The standard InChI is InChI=1S/C30H27F3IN6OP/c1-19(2)34-18-42-27(17-36-34)39-26-8-5-13-40-25(16-35-28(26)40)12-10-21-14-24(11-9-20(21)3)38-29(41)37-23-7-4-6-22(15-23)30(31,32)33/h4-9,11,13-17,19,42H,18H2,1-3H3,(H2,37,38,41). The summed E-state index contributed by atoms with van der Waals surface area (Å²) in [4.78, 5) is 21.9. The number of aliphatic imine (C=N–C) groups is 1. The Kier molecular flexibility index (Phi) is 8.94. The molecule has 4 aromatic rings. The molecule has 0 fully saturated rings. The molecule has 0 spiro atoms. The predicted molar refractivity (Wildman–Crippen MR) is 174 cm³/mol. The van der Waals surface area contributed by atoms with E-state index in [0.29, 0.717) is 35.1 Å². The van der Waals surface area contributed by atoms with E-state index in [1.165, 1.54) is 12.1 Å². The molecule has 216 valence electrons. The number of pyridine rings is 1. The van der Waals surface area contributed by atoms with Gasteiger partial charge in [0.2, 0.25) is 0 Å². The monoisotopic (exact) mass is 702 g/mol. The van der Waals surface area contributed by atoms with Gasteiger partial charge in [0.25, 0.3) is 0 Å². The number of aryl methyl sites for hydroxylation is 1. The number of nitrogens with zero attached hydrogens (tertiary/aromatic N) is 4. The van der Waals surface area contributed by atoms with Crippen LogP contribution in [0.25, 0.3) is 5.65 Å². The van der Waals surface area contributed by atoms with Crippen LogP contribution in [0.5, 0.6) is 0 Å². The van der Waals surface area contributed by atoms with Crippen molar-refractivity contribution in [2.45, 2.75) is 30.9 Å². The number of hydrogen-bond donors (Lipinski definition) is 2. The summed E-state index contributed by atoms with van der Waals surface area (Å²) in [6, 6.07) is 12.9. The average Bonchev–Trinajstić information content (AvgIpc) is 3.37. The number of alkyl halides is 5. The molecule has 0 aliphatic carbocycles. The van der Waals surface area contributed by atoms with Gasteiger partial charge in [0.15, 0.2) is 0 Å². The summed E-state index contributed by atoms with van der Waals surface area (Å²) in [5.74, 6) is 6.32. The predicted octanol–water partition coefficient (Wildman–Crippen LogP) is 8.29. The van der Waals surface area contributed by atoms with E-state index in [1.807, 2.05) is 41.9 Å². The summed E-state index contributed by atoms with van der Waals surface area (Å²) in [7, 11) is 0.660. The Morgan fingerprint density at radius 1 is 1.10 bits per heavy atom. The van der Waals surface area contributed by atoms with Crippen LogP contribution in [0.1, 0.15) is 36.2 Å². The molecule has 1 unspecified atom stereocenters. The molecule has 5 rings (SSSR count). The molecule has 1 aliphatic heterocycles. The van der Waals surface area contributed by atoms with Crippen LogP contribution in [-0.4, -0.2) is 35.2 Å². The fourth-order valence-corrected chi connectivity index (χ4v) is 12.1. The maximum atomic E-state index is 13.0. The van der Waals surface area contributed by atoms with Crippen molar-refractivity contribution < 1.29 is 18.0 Å². The first kappa shape index (κ1) is 29.7. The van der Waals surface area contributed by atoms with E-state index in [-0.39, 0.29) is 5.69 Å². The second-order valence-electron chi connectivity index (χ2n) is 9.59.